The average Bonchev–Trinajstić information content (AvgIpc) is 2.88. The minimum Gasteiger partial charge on any atom is -0.350 e. The number of amides is 2. The second kappa shape index (κ2) is 8.86. The van der Waals surface area contributed by atoms with Crippen molar-refractivity contribution in [1.29, 1.82) is 0 Å². The molecule has 2 heterocycles. The molecule has 2 rings (SSSR count). The summed E-state index contributed by atoms with van der Waals surface area (Å²) in [4.78, 5) is 24.8. The number of hydrogen-bond acceptors (Lipinski definition) is 4. The highest BCUT2D eigenvalue weighted by molar-refractivity contribution is 9.11. The molecule has 0 aliphatic carbocycles. The van der Waals surface area contributed by atoms with Gasteiger partial charge in [0.05, 0.1) is 8.66 Å². The molecule has 8 heteroatoms. The number of rotatable bonds is 4. The van der Waals surface area contributed by atoms with Crippen molar-refractivity contribution in [1.82, 2.24) is 16.0 Å². The van der Waals surface area contributed by atoms with E-state index < -0.39 is 6.04 Å². The van der Waals surface area contributed by atoms with E-state index in [0.717, 1.165) is 23.2 Å². The molecule has 1 aromatic heterocycles. The number of carbonyl (C=O) groups excluding carboxylic acids is 2. The largest absolute Gasteiger partial charge is 0.350 e. The Labute approximate surface area is 149 Å². The van der Waals surface area contributed by atoms with Crippen LogP contribution in [0.2, 0.25) is 0 Å². The average molecular weight is 411 g/mol. The lowest BCUT2D eigenvalue weighted by Crippen LogP contribution is -2.55. The van der Waals surface area contributed by atoms with Crippen LogP contribution in [-0.2, 0) is 4.79 Å². The first-order valence-electron chi connectivity index (χ1n) is 7.07. The van der Waals surface area contributed by atoms with Gasteiger partial charge in [-0.2, -0.15) is 0 Å². The molecule has 0 bridgehead atoms. The van der Waals surface area contributed by atoms with Gasteiger partial charge >= 0.3 is 0 Å². The molecular weight excluding hydrogens is 390 g/mol. The van der Waals surface area contributed by atoms with Crippen LogP contribution in [0.5, 0.6) is 0 Å². The quantitative estimate of drug-likeness (QED) is 0.713. The highest BCUT2D eigenvalue weighted by atomic mass is 79.9. The molecule has 1 aliphatic heterocycles. The van der Waals surface area contributed by atoms with Crippen molar-refractivity contribution < 1.29 is 9.59 Å². The van der Waals surface area contributed by atoms with Crippen molar-refractivity contribution in [2.75, 3.05) is 6.54 Å². The molecule has 1 aromatic rings. The zero-order valence-electron chi connectivity index (χ0n) is 12.5. The van der Waals surface area contributed by atoms with Gasteiger partial charge < -0.3 is 16.0 Å². The van der Waals surface area contributed by atoms with Crippen LogP contribution in [0.25, 0.3) is 0 Å². The predicted octanol–water partition coefficient (Wildman–Crippen LogP) is 2.31. The van der Waals surface area contributed by atoms with Gasteiger partial charge in [0.25, 0.3) is 5.91 Å². The summed E-state index contributed by atoms with van der Waals surface area (Å²) in [5, 5.41) is 9.08. The van der Waals surface area contributed by atoms with Crippen LogP contribution in [0, 0.1) is 0 Å². The molecule has 3 N–H and O–H groups in total. The van der Waals surface area contributed by atoms with Crippen LogP contribution in [0.3, 0.4) is 0 Å². The van der Waals surface area contributed by atoms with Gasteiger partial charge in [0, 0.05) is 12.1 Å². The second-order valence-electron chi connectivity index (χ2n) is 5.30. The molecule has 0 spiro atoms. The van der Waals surface area contributed by atoms with Gasteiger partial charge in [0.15, 0.2) is 0 Å². The standard InChI is InChI=1S/C14H20BrN3O2S.ClH/c1-8-10(4-3-7-16-8)18-13(19)9(2)17-14(20)11-5-6-12(15)21-11;/h5-6,8-10,16H,3-4,7H2,1-2H3,(H,17,20)(H,18,19);1H. The van der Waals surface area contributed by atoms with Gasteiger partial charge in [-0.05, 0) is 61.3 Å². The van der Waals surface area contributed by atoms with Crippen molar-refractivity contribution >= 4 is 51.5 Å². The van der Waals surface area contributed by atoms with Crippen molar-refractivity contribution in [3.63, 3.8) is 0 Å². The molecule has 3 atom stereocenters. The fourth-order valence-electron chi connectivity index (χ4n) is 2.32. The van der Waals surface area contributed by atoms with E-state index in [9.17, 15) is 9.59 Å². The summed E-state index contributed by atoms with van der Waals surface area (Å²) in [6.45, 7) is 4.76. The Kier molecular flexibility index (Phi) is 7.82. The van der Waals surface area contributed by atoms with E-state index >= 15 is 0 Å². The van der Waals surface area contributed by atoms with E-state index in [2.05, 4.69) is 38.8 Å². The van der Waals surface area contributed by atoms with Crippen molar-refractivity contribution in [3.05, 3.63) is 20.8 Å². The number of carbonyl (C=O) groups is 2. The van der Waals surface area contributed by atoms with Crippen LogP contribution < -0.4 is 16.0 Å². The number of hydrogen-bond donors (Lipinski definition) is 3. The summed E-state index contributed by atoms with van der Waals surface area (Å²) in [7, 11) is 0. The number of nitrogens with one attached hydrogen (secondary N) is 3. The van der Waals surface area contributed by atoms with E-state index in [0.29, 0.717) is 4.88 Å². The summed E-state index contributed by atoms with van der Waals surface area (Å²) in [6, 6.07) is 3.40. The Hall–Kier alpha value is -0.630. The molecule has 1 aliphatic rings. The maximum absolute atomic E-state index is 12.2. The number of thiophene rings is 1. The predicted molar refractivity (Wildman–Crippen MR) is 94.8 cm³/mol. The highest BCUT2D eigenvalue weighted by Crippen LogP contribution is 2.21. The minimum atomic E-state index is -0.549. The summed E-state index contributed by atoms with van der Waals surface area (Å²) in [6.07, 6.45) is 2.03. The first-order valence-corrected chi connectivity index (χ1v) is 8.68. The Morgan fingerprint density at radius 2 is 2.18 bits per heavy atom. The second-order valence-corrected chi connectivity index (χ2v) is 7.76. The van der Waals surface area contributed by atoms with E-state index in [-0.39, 0.29) is 36.3 Å². The van der Waals surface area contributed by atoms with Crippen LogP contribution in [-0.4, -0.2) is 36.5 Å². The Morgan fingerprint density at radius 3 is 2.77 bits per heavy atom. The number of piperidine rings is 1. The molecule has 3 unspecified atom stereocenters. The topological polar surface area (TPSA) is 70.2 Å². The van der Waals surface area contributed by atoms with E-state index in [1.165, 1.54) is 11.3 Å². The maximum atomic E-state index is 12.2. The summed E-state index contributed by atoms with van der Waals surface area (Å²) in [5.41, 5.74) is 0. The van der Waals surface area contributed by atoms with Crippen LogP contribution >= 0.6 is 39.7 Å². The molecule has 22 heavy (non-hydrogen) atoms. The van der Waals surface area contributed by atoms with Crippen LogP contribution in [0.1, 0.15) is 36.4 Å². The third kappa shape index (κ3) is 5.22. The molecule has 1 fully saturated rings. The minimum absolute atomic E-state index is 0. The lowest BCUT2D eigenvalue weighted by atomic mass is 9.99. The van der Waals surface area contributed by atoms with E-state index in [4.69, 9.17) is 0 Å². The molecule has 124 valence electrons. The van der Waals surface area contributed by atoms with Crippen molar-refractivity contribution in [2.24, 2.45) is 0 Å². The number of halogens is 2. The first kappa shape index (κ1) is 19.4. The van der Waals surface area contributed by atoms with Crippen LogP contribution in [0.4, 0.5) is 0 Å². The van der Waals surface area contributed by atoms with Gasteiger partial charge in [0.1, 0.15) is 6.04 Å². The normalized spacial score (nSPS) is 22.3. The van der Waals surface area contributed by atoms with Crippen molar-refractivity contribution in [2.45, 2.75) is 44.8 Å². The van der Waals surface area contributed by atoms with E-state index in [1.54, 1.807) is 13.0 Å². The van der Waals surface area contributed by atoms with Gasteiger partial charge in [-0.3, -0.25) is 9.59 Å². The highest BCUT2D eigenvalue weighted by Gasteiger charge is 2.25. The van der Waals surface area contributed by atoms with Crippen molar-refractivity contribution in [3.8, 4) is 0 Å². The van der Waals surface area contributed by atoms with Gasteiger partial charge in [0.2, 0.25) is 5.91 Å². The smallest absolute Gasteiger partial charge is 0.262 e. The lowest BCUT2D eigenvalue weighted by molar-refractivity contribution is -0.123. The Balaban J connectivity index is 0.00000242. The van der Waals surface area contributed by atoms with E-state index in [1.807, 2.05) is 6.07 Å². The summed E-state index contributed by atoms with van der Waals surface area (Å²) < 4.78 is 0.895. The van der Waals surface area contributed by atoms with Crippen LogP contribution in [0.15, 0.2) is 15.9 Å². The monoisotopic (exact) mass is 409 g/mol. The summed E-state index contributed by atoms with van der Waals surface area (Å²) in [5.74, 6) is -0.359. The zero-order chi connectivity index (χ0) is 15.4. The SMILES string of the molecule is CC(NC(=O)c1ccc(Br)s1)C(=O)NC1CCCNC1C.Cl. The molecular formula is C14H21BrClN3O2S. The molecule has 0 radical (unpaired) electrons. The third-order valence-electron chi connectivity index (χ3n) is 3.63. The summed E-state index contributed by atoms with van der Waals surface area (Å²) >= 11 is 4.67. The third-order valence-corrected chi connectivity index (χ3v) is 5.25. The molecule has 0 aromatic carbocycles. The zero-order valence-corrected chi connectivity index (χ0v) is 15.7. The Bertz CT molecular complexity index is 526. The van der Waals surface area contributed by atoms with Gasteiger partial charge in [-0.25, -0.2) is 0 Å². The fourth-order valence-corrected chi connectivity index (χ4v) is 3.61. The molecule has 5 nitrogen and oxygen atoms in total. The van der Waals surface area contributed by atoms with Gasteiger partial charge in [-0.1, -0.05) is 0 Å². The lowest BCUT2D eigenvalue weighted by Gasteiger charge is -2.31. The molecule has 1 saturated heterocycles. The molecule has 2 amide bonds. The maximum Gasteiger partial charge on any atom is 0.262 e. The molecule has 0 saturated carbocycles. The Morgan fingerprint density at radius 1 is 1.45 bits per heavy atom. The van der Waals surface area contributed by atoms with Gasteiger partial charge in [-0.15, -0.1) is 23.7 Å². The first-order chi connectivity index (χ1) is 9.97. The fraction of sp³-hybridized carbons (Fsp3) is 0.571.